The number of carbonyl (C=O) groups excluding carboxylic acids is 3. The van der Waals surface area contributed by atoms with Crippen molar-refractivity contribution >= 4 is 50.8 Å². The van der Waals surface area contributed by atoms with Gasteiger partial charge in [0.25, 0.3) is 11.1 Å². The van der Waals surface area contributed by atoms with Crippen molar-refractivity contribution in [1.29, 1.82) is 0 Å². The van der Waals surface area contributed by atoms with Gasteiger partial charge in [-0.1, -0.05) is 40.2 Å². The van der Waals surface area contributed by atoms with E-state index in [-0.39, 0.29) is 12.5 Å². The molecule has 0 radical (unpaired) electrons. The maximum absolute atomic E-state index is 12.7. The summed E-state index contributed by atoms with van der Waals surface area (Å²) in [5.41, 5.74) is 1.79. The highest BCUT2D eigenvalue weighted by atomic mass is 79.9. The largest absolute Gasteiger partial charge is 0.489 e. The number of ether oxygens (including phenoxy) is 1. The van der Waals surface area contributed by atoms with Crippen LogP contribution in [0.3, 0.4) is 0 Å². The number of likely N-dealkylation sites (tertiary alicyclic amines) is 1. The molecule has 2 aliphatic rings. The molecule has 6 nitrogen and oxygen atoms in total. The second-order valence-corrected chi connectivity index (χ2v) is 9.25. The minimum atomic E-state index is -0.427. The summed E-state index contributed by atoms with van der Waals surface area (Å²) in [6, 6.07) is 15.2. The maximum Gasteiger partial charge on any atom is 0.294 e. The van der Waals surface area contributed by atoms with E-state index in [9.17, 15) is 14.4 Å². The number of rotatable bonds is 6. The van der Waals surface area contributed by atoms with E-state index >= 15 is 0 Å². The van der Waals surface area contributed by atoms with Gasteiger partial charge in [0.2, 0.25) is 5.91 Å². The standard InChI is InChI=1S/C23H21BrN2O4S/c24-18-8-6-16(7-9-18)15-30-19-5-3-4-17(12-19)13-20-22(28)26(23(29)31-20)14-21(27)25-10-1-2-11-25/h3-9,12-13H,1-2,10-11,14-15H2/b20-13-. The van der Waals surface area contributed by atoms with Crippen LogP contribution in [0.1, 0.15) is 24.0 Å². The van der Waals surface area contributed by atoms with E-state index in [1.165, 1.54) is 0 Å². The molecule has 2 heterocycles. The Kier molecular flexibility index (Phi) is 6.77. The number of hydrogen-bond acceptors (Lipinski definition) is 5. The van der Waals surface area contributed by atoms with Crippen LogP contribution >= 0.6 is 27.7 Å². The number of carbonyl (C=O) groups is 3. The van der Waals surface area contributed by atoms with Crippen LogP contribution < -0.4 is 4.74 Å². The molecule has 0 aromatic heterocycles. The summed E-state index contributed by atoms with van der Waals surface area (Å²) >= 11 is 4.27. The van der Waals surface area contributed by atoms with Gasteiger partial charge in [0.1, 0.15) is 18.9 Å². The highest BCUT2D eigenvalue weighted by Crippen LogP contribution is 2.32. The zero-order valence-corrected chi connectivity index (χ0v) is 19.2. The molecule has 0 atom stereocenters. The Morgan fingerprint density at radius 1 is 1.10 bits per heavy atom. The van der Waals surface area contributed by atoms with E-state index < -0.39 is 11.1 Å². The van der Waals surface area contributed by atoms with Crippen molar-refractivity contribution in [1.82, 2.24) is 9.80 Å². The highest BCUT2D eigenvalue weighted by molar-refractivity contribution is 9.10. The second-order valence-electron chi connectivity index (χ2n) is 7.34. The van der Waals surface area contributed by atoms with Crippen LogP contribution in [0.2, 0.25) is 0 Å². The van der Waals surface area contributed by atoms with Gasteiger partial charge in [0.15, 0.2) is 0 Å². The molecule has 2 aromatic carbocycles. The first-order valence-electron chi connectivity index (χ1n) is 10.00. The summed E-state index contributed by atoms with van der Waals surface area (Å²) in [6.07, 6.45) is 3.60. The molecule has 2 aliphatic heterocycles. The van der Waals surface area contributed by atoms with E-state index in [1.807, 2.05) is 48.5 Å². The molecule has 2 aromatic rings. The van der Waals surface area contributed by atoms with Gasteiger partial charge in [-0.25, -0.2) is 0 Å². The number of imide groups is 1. The Morgan fingerprint density at radius 3 is 2.58 bits per heavy atom. The van der Waals surface area contributed by atoms with Gasteiger partial charge in [0.05, 0.1) is 4.91 Å². The molecular formula is C23H21BrN2O4S. The topological polar surface area (TPSA) is 66.9 Å². The third-order valence-electron chi connectivity index (χ3n) is 5.10. The van der Waals surface area contributed by atoms with Gasteiger partial charge in [-0.15, -0.1) is 0 Å². The molecule has 0 N–H and O–H groups in total. The van der Waals surface area contributed by atoms with Gasteiger partial charge >= 0.3 is 0 Å². The second kappa shape index (κ2) is 9.70. The lowest BCUT2D eigenvalue weighted by molar-refractivity contribution is -0.135. The molecule has 160 valence electrons. The number of hydrogen-bond donors (Lipinski definition) is 0. The van der Waals surface area contributed by atoms with Gasteiger partial charge in [-0.3, -0.25) is 19.3 Å². The number of halogens is 1. The minimum absolute atomic E-state index is 0.176. The van der Waals surface area contributed by atoms with Crippen LogP contribution in [0.25, 0.3) is 6.08 Å². The number of amides is 3. The summed E-state index contributed by atoms with van der Waals surface area (Å²) in [6.45, 7) is 1.61. The quantitative estimate of drug-likeness (QED) is 0.538. The van der Waals surface area contributed by atoms with Crippen LogP contribution in [0.4, 0.5) is 4.79 Å². The lowest BCUT2D eigenvalue weighted by atomic mass is 10.2. The molecule has 4 rings (SSSR count). The highest BCUT2D eigenvalue weighted by Gasteiger charge is 2.37. The third-order valence-corrected chi connectivity index (χ3v) is 6.54. The van der Waals surface area contributed by atoms with Gasteiger partial charge < -0.3 is 9.64 Å². The Labute approximate surface area is 193 Å². The molecule has 0 saturated carbocycles. The lowest BCUT2D eigenvalue weighted by Gasteiger charge is -2.18. The van der Waals surface area contributed by atoms with Crippen molar-refractivity contribution in [2.75, 3.05) is 19.6 Å². The van der Waals surface area contributed by atoms with Gasteiger partial charge in [-0.05, 0) is 66.1 Å². The van der Waals surface area contributed by atoms with E-state index in [4.69, 9.17) is 4.74 Å². The van der Waals surface area contributed by atoms with Crippen molar-refractivity contribution in [2.45, 2.75) is 19.4 Å². The SMILES string of the molecule is O=C(CN1C(=O)S/C(=C\c2cccc(OCc3ccc(Br)cc3)c2)C1=O)N1CCCC1. The van der Waals surface area contributed by atoms with Crippen LogP contribution in [0.15, 0.2) is 57.9 Å². The fourth-order valence-electron chi connectivity index (χ4n) is 3.43. The molecule has 0 spiro atoms. The van der Waals surface area contributed by atoms with Crippen molar-refractivity contribution < 1.29 is 19.1 Å². The average molecular weight is 501 g/mol. The summed E-state index contributed by atoms with van der Waals surface area (Å²) in [5.74, 6) is 0.0632. The normalized spacial score (nSPS) is 17.6. The number of thioether (sulfide) groups is 1. The van der Waals surface area contributed by atoms with Crippen molar-refractivity contribution in [3.63, 3.8) is 0 Å². The van der Waals surface area contributed by atoms with Crippen molar-refractivity contribution in [3.8, 4) is 5.75 Å². The zero-order valence-electron chi connectivity index (χ0n) is 16.8. The number of nitrogens with zero attached hydrogens (tertiary/aromatic N) is 2. The van der Waals surface area contributed by atoms with E-state index in [1.54, 1.807) is 11.0 Å². The Hall–Kier alpha value is -2.58. The van der Waals surface area contributed by atoms with Crippen LogP contribution in [0.5, 0.6) is 5.75 Å². The van der Waals surface area contributed by atoms with E-state index in [0.717, 1.165) is 45.1 Å². The lowest BCUT2D eigenvalue weighted by Crippen LogP contribution is -2.40. The average Bonchev–Trinajstić information content (AvgIpc) is 3.39. The van der Waals surface area contributed by atoms with Gasteiger partial charge in [-0.2, -0.15) is 0 Å². The smallest absolute Gasteiger partial charge is 0.294 e. The summed E-state index contributed by atoms with van der Waals surface area (Å²) in [5, 5.41) is -0.411. The molecule has 0 aliphatic carbocycles. The Morgan fingerprint density at radius 2 is 1.84 bits per heavy atom. The van der Waals surface area contributed by atoms with E-state index in [2.05, 4.69) is 15.9 Å². The molecule has 31 heavy (non-hydrogen) atoms. The number of benzene rings is 2. The monoisotopic (exact) mass is 500 g/mol. The van der Waals surface area contributed by atoms with Crippen LogP contribution in [0, 0.1) is 0 Å². The predicted molar refractivity (Wildman–Crippen MR) is 123 cm³/mol. The fourth-order valence-corrected chi connectivity index (χ4v) is 4.53. The van der Waals surface area contributed by atoms with Crippen LogP contribution in [-0.4, -0.2) is 46.5 Å². The van der Waals surface area contributed by atoms with Crippen molar-refractivity contribution in [2.24, 2.45) is 0 Å². The zero-order chi connectivity index (χ0) is 21.8. The van der Waals surface area contributed by atoms with Gasteiger partial charge in [0, 0.05) is 17.6 Å². The third kappa shape index (κ3) is 5.37. The molecule has 0 unspecified atom stereocenters. The molecule has 3 amide bonds. The Balaban J connectivity index is 1.41. The van der Waals surface area contributed by atoms with Crippen LogP contribution in [-0.2, 0) is 16.2 Å². The first-order chi connectivity index (χ1) is 15.0. The molecule has 0 bridgehead atoms. The Bertz CT molecular complexity index is 1030. The maximum atomic E-state index is 12.7. The molecular weight excluding hydrogens is 480 g/mol. The minimum Gasteiger partial charge on any atom is -0.489 e. The fraction of sp³-hybridized carbons (Fsp3) is 0.261. The summed E-state index contributed by atoms with van der Waals surface area (Å²) in [4.78, 5) is 40.4. The molecule has 2 saturated heterocycles. The summed E-state index contributed by atoms with van der Waals surface area (Å²) in [7, 11) is 0. The van der Waals surface area contributed by atoms with Crippen molar-refractivity contribution in [3.05, 3.63) is 69.0 Å². The first kappa shape index (κ1) is 21.6. The summed E-state index contributed by atoms with van der Waals surface area (Å²) < 4.78 is 6.86. The molecule has 8 heteroatoms. The molecule has 2 fully saturated rings. The first-order valence-corrected chi connectivity index (χ1v) is 11.6. The van der Waals surface area contributed by atoms with E-state index in [0.29, 0.717) is 30.4 Å². The predicted octanol–water partition coefficient (Wildman–Crippen LogP) is 4.69.